The first kappa shape index (κ1) is 13.1. The summed E-state index contributed by atoms with van der Waals surface area (Å²) < 4.78 is 2.10. The van der Waals surface area contributed by atoms with Gasteiger partial charge >= 0.3 is 0 Å². The van der Waals surface area contributed by atoms with Crippen LogP contribution in [0.1, 0.15) is 30.6 Å². The Hall–Kier alpha value is -1.39. The van der Waals surface area contributed by atoms with Crippen molar-refractivity contribution in [3.8, 4) is 0 Å². The molecule has 0 amide bonds. The summed E-state index contributed by atoms with van der Waals surface area (Å²) in [6, 6.07) is 7.81. The van der Waals surface area contributed by atoms with E-state index in [4.69, 9.17) is 17.3 Å². The van der Waals surface area contributed by atoms with Crippen LogP contribution in [0.2, 0.25) is 5.02 Å². The van der Waals surface area contributed by atoms with Gasteiger partial charge in [0.15, 0.2) is 0 Å². The lowest BCUT2D eigenvalue weighted by Crippen LogP contribution is -2.11. The molecule has 0 fully saturated rings. The summed E-state index contributed by atoms with van der Waals surface area (Å²) in [7, 11) is 0. The van der Waals surface area contributed by atoms with Crippen molar-refractivity contribution in [2.24, 2.45) is 5.73 Å². The lowest BCUT2D eigenvalue weighted by Gasteiger charge is -2.08. The molecule has 5 heteroatoms. The molecule has 0 aliphatic rings. The maximum Gasteiger partial charge on any atom is 0.146 e. The molecule has 0 bridgehead atoms. The molecule has 4 nitrogen and oxygen atoms in total. The number of halogens is 1. The number of nitrogens with zero attached hydrogens (tertiary/aromatic N) is 3. The number of hydrogen-bond donors (Lipinski definition) is 1. The largest absolute Gasteiger partial charge is 0.324 e. The molecule has 96 valence electrons. The molecule has 2 N–H and O–H groups in total. The van der Waals surface area contributed by atoms with Crippen molar-refractivity contribution in [3.05, 3.63) is 46.5 Å². The number of aromatic nitrogens is 3. The van der Waals surface area contributed by atoms with Crippen LogP contribution in [0, 0.1) is 0 Å². The van der Waals surface area contributed by atoms with Gasteiger partial charge in [0.2, 0.25) is 0 Å². The summed E-state index contributed by atoms with van der Waals surface area (Å²) in [5.74, 6) is 1.79. The van der Waals surface area contributed by atoms with Gasteiger partial charge in [0.05, 0.1) is 6.54 Å². The molecule has 0 spiro atoms. The van der Waals surface area contributed by atoms with Crippen LogP contribution in [0.25, 0.3) is 0 Å². The maximum absolute atomic E-state index is 5.98. The van der Waals surface area contributed by atoms with Gasteiger partial charge in [-0.3, -0.25) is 0 Å². The van der Waals surface area contributed by atoms with Crippen LogP contribution < -0.4 is 5.73 Å². The van der Waals surface area contributed by atoms with E-state index in [0.717, 1.165) is 41.6 Å². The zero-order chi connectivity index (χ0) is 13.0. The molecule has 0 radical (unpaired) electrons. The van der Waals surface area contributed by atoms with Crippen molar-refractivity contribution in [1.82, 2.24) is 14.8 Å². The van der Waals surface area contributed by atoms with E-state index in [2.05, 4.69) is 21.7 Å². The molecule has 0 saturated heterocycles. The molecule has 18 heavy (non-hydrogen) atoms. The SMILES string of the molecule is CCCn1c(CN)nnc1Cc1cccc(Cl)c1. The zero-order valence-corrected chi connectivity index (χ0v) is 11.2. The van der Waals surface area contributed by atoms with Crippen molar-refractivity contribution in [2.45, 2.75) is 32.9 Å². The fourth-order valence-corrected chi connectivity index (χ4v) is 2.18. The molecular formula is C13H17ClN4. The topological polar surface area (TPSA) is 56.7 Å². The number of hydrogen-bond acceptors (Lipinski definition) is 3. The molecule has 0 saturated carbocycles. The van der Waals surface area contributed by atoms with Crippen molar-refractivity contribution in [1.29, 1.82) is 0 Å². The van der Waals surface area contributed by atoms with Crippen molar-refractivity contribution >= 4 is 11.6 Å². The summed E-state index contributed by atoms with van der Waals surface area (Å²) >= 11 is 5.98. The summed E-state index contributed by atoms with van der Waals surface area (Å²) in [5, 5.41) is 9.09. The third kappa shape index (κ3) is 2.89. The van der Waals surface area contributed by atoms with Gasteiger partial charge in [0, 0.05) is 18.0 Å². The molecule has 1 aromatic carbocycles. The third-order valence-corrected chi connectivity index (χ3v) is 3.02. The minimum atomic E-state index is 0.419. The molecular weight excluding hydrogens is 248 g/mol. The Morgan fingerprint density at radius 3 is 2.72 bits per heavy atom. The van der Waals surface area contributed by atoms with Gasteiger partial charge in [0.1, 0.15) is 11.6 Å². The first-order chi connectivity index (χ1) is 8.74. The maximum atomic E-state index is 5.98. The lowest BCUT2D eigenvalue weighted by atomic mass is 10.1. The quantitative estimate of drug-likeness (QED) is 0.902. The Kier molecular flexibility index (Phi) is 4.33. The smallest absolute Gasteiger partial charge is 0.146 e. The Labute approximate surface area is 112 Å². The molecule has 0 unspecified atom stereocenters. The Morgan fingerprint density at radius 2 is 2.06 bits per heavy atom. The highest BCUT2D eigenvalue weighted by atomic mass is 35.5. The second-order valence-electron chi connectivity index (χ2n) is 4.19. The van der Waals surface area contributed by atoms with E-state index in [1.165, 1.54) is 0 Å². The van der Waals surface area contributed by atoms with Crippen LogP contribution in [0.5, 0.6) is 0 Å². The molecule has 2 aromatic rings. The van der Waals surface area contributed by atoms with Gasteiger partial charge in [-0.15, -0.1) is 10.2 Å². The second-order valence-corrected chi connectivity index (χ2v) is 4.63. The fraction of sp³-hybridized carbons (Fsp3) is 0.385. The fourth-order valence-electron chi connectivity index (χ4n) is 1.97. The summed E-state index contributed by atoms with van der Waals surface area (Å²) in [4.78, 5) is 0. The Balaban J connectivity index is 2.25. The predicted octanol–water partition coefficient (Wildman–Crippen LogP) is 2.39. The highest BCUT2D eigenvalue weighted by molar-refractivity contribution is 6.30. The second kappa shape index (κ2) is 5.98. The first-order valence-corrected chi connectivity index (χ1v) is 6.47. The molecule has 1 heterocycles. The molecule has 0 atom stereocenters. The first-order valence-electron chi connectivity index (χ1n) is 6.10. The van der Waals surface area contributed by atoms with Crippen LogP contribution in [0.4, 0.5) is 0 Å². The van der Waals surface area contributed by atoms with Crippen LogP contribution in [-0.4, -0.2) is 14.8 Å². The van der Waals surface area contributed by atoms with E-state index in [0.29, 0.717) is 6.54 Å². The summed E-state index contributed by atoms with van der Waals surface area (Å²) in [6.45, 7) is 3.45. The van der Waals surface area contributed by atoms with Crippen molar-refractivity contribution in [3.63, 3.8) is 0 Å². The predicted molar refractivity (Wildman–Crippen MR) is 72.5 cm³/mol. The Bertz CT molecular complexity index is 521. The normalized spacial score (nSPS) is 10.8. The van der Waals surface area contributed by atoms with E-state index in [1.807, 2.05) is 24.3 Å². The van der Waals surface area contributed by atoms with Gasteiger partial charge in [-0.2, -0.15) is 0 Å². The highest BCUT2D eigenvalue weighted by Crippen LogP contribution is 2.14. The van der Waals surface area contributed by atoms with Crippen LogP contribution in [-0.2, 0) is 19.5 Å². The number of benzene rings is 1. The number of nitrogens with two attached hydrogens (primary N) is 1. The average molecular weight is 265 g/mol. The summed E-state index contributed by atoms with van der Waals surface area (Å²) in [6.07, 6.45) is 1.77. The van der Waals surface area contributed by atoms with Crippen molar-refractivity contribution in [2.75, 3.05) is 0 Å². The van der Waals surface area contributed by atoms with E-state index in [1.54, 1.807) is 0 Å². The van der Waals surface area contributed by atoms with Gasteiger partial charge < -0.3 is 10.3 Å². The average Bonchev–Trinajstić information content (AvgIpc) is 2.72. The molecule has 2 rings (SSSR count). The van der Waals surface area contributed by atoms with E-state index in [9.17, 15) is 0 Å². The van der Waals surface area contributed by atoms with E-state index < -0.39 is 0 Å². The van der Waals surface area contributed by atoms with E-state index >= 15 is 0 Å². The van der Waals surface area contributed by atoms with Crippen LogP contribution in [0.3, 0.4) is 0 Å². The van der Waals surface area contributed by atoms with Gasteiger partial charge in [-0.1, -0.05) is 30.7 Å². The number of rotatable bonds is 5. The summed E-state index contributed by atoms with van der Waals surface area (Å²) in [5.41, 5.74) is 6.80. The molecule has 0 aliphatic carbocycles. The molecule has 0 aliphatic heterocycles. The van der Waals surface area contributed by atoms with Crippen LogP contribution in [0.15, 0.2) is 24.3 Å². The zero-order valence-electron chi connectivity index (χ0n) is 10.4. The van der Waals surface area contributed by atoms with E-state index in [-0.39, 0.29) is 0 Å². The van der Waals surface area contributed by atoms with Crippen molar-refractivity contribution < 1.29 is 0 Å². The third-order valence-electron chi connectivity index (χ3n) is 2.79. The van der Waals surface area contributed by atoms with Gasteiger partial charge in [-0.05, 0) is 24.1 Å². The minimum Gasteiger partial charge on any atom is -0.324 e. The van der Waals surface area contributed by atoms with Gasteiger partial charge in [-0.25, -0.2) is 0 Å². The highest BCUT2D eigenvalue weighted by Gasteiger charge is 2.10. The lowest BCUT2D eigenvalue weighted by molar-refractivity contribution is 0.615. The van der Waals surface area contributed by atoms with Crippen LogP contribution >= 0.6 is 11.6 Å². The van der Waals surface area contributed by atoms with Gasteiger partial charge in [0.25, 0.3) is 0 Å². The Morgan fingerprint density at radius 1 is 1.28 bits per heavy atom. The molecule has 1 aromatic heterocycles. The minimum absolute atomic E-state index is 0.419. The standard InChI is InChI=1S/C13H17ClN4/c1-2-6-18-12(16-17-13(18)9-15)8-10-4-3-5-11(14)7-10/h3-5,7H,2,6,8-9,15H2,1H3. The monoisotopic (exact) mass is 264 g/mol.